The van der Waals surface area contributed by atoms with Crippen molar-refractivity contribution in [2.75, 3.05) is 0 Å². The van der Waals surface area contributed by atoms with Crippen LogP contribution in [0, 0.1) is 0 Å². The van der Waals surface area contributed by atoms with Gasteiger partial charge in [0.2, 0.25) is 0 Å². The van der Waals surface area contributed by atoms with Gasteiger partial charge >= 0.3 is 29.6 Å². The Hall–Kier alpha value is 1.36. The Balaban J connectivity index is -0.0000000267. The average molecular weight is 172 g/mol. The predicted octanol–water partition coefficient (Wildman–Crippen LogP) is -7.81. The van der Waals surface area contributed by atoms with Crippen LogP contribution in [0.15, 0.2) is 0 Å². The van der Waals surface area contributed by atoms with Gasteiger partial charge in [-0.1, -0.05) is 0 Å². The first kappa shape index (κ1) is 22.8. The number of phosphoric acid groups is 1. The molecule has 5 nitrogen and oxygen atoms in total. The van der Waals surface area contributed by atoms with Gasteiger partial charge in [-0.05, 0) is 0 Å². The Bertz CT molecular complexity index is 62.2. The number of hydrogen-bond acceptors (Lipinski definition) is 3. The fourth-order valence-electron chi connectivity index (χ4n) is 0. The largest absolute Gasteiger partial charge is 1.00 e. The van der Waals surface area contributed by atoms with E-state index in [4.69, 9.17) is 19.2 Å². The number of hydrogen-bond donors (Lipinski definition) is 2. The summed E-state index contributed by atoms with van der Waals surface area (Å²) in [6.45, 7) is 0. The minimum absolute atomic E-state index is 0. The molecule has 0 heterocycles. The molecular weight excluding hydrogens is 167 g/mol. The molecule has 0 aromatic rings. The van der Waals surface area contributed by atoms with Crippen LogP contribution in [0.1, 0.15) is 0 Å². The third kappa shape index (κ3) is 161. The van der Waals surface area contributed by atoms with Gasteiger partial charge in [0.1, 0.15) is 0 Å². The molecule has 0 spiro atoms. The van der Waals surface area contributed by atoms with Gasteiger partial charge in [0.25, 0.3) is 0 Å². The first-order chi connectivity index (χ1) is 2.00. The molecule has 8 heavy (non-hydrogen) atoms. The van der Waals surface area contributed by atoms with Crippen molar-refractivity contribution < 1.29 is 61.2 Å². The Kier molecular flexibility index (Phi) is 23.8. The minimum atomic E-state index is -5.14. The van der Waals surface area contributed by atoms with Crippen molar-refractivity contribution in [1.29, 1.82) is 0 Å². The number of quaternary nitrogens is 1. The smallest absolute Gasteiger partial charge is 1.00 e. The first-order valence-electron chi connectivity index (χ1n) is 0.748. The molecule has 0 aromatic heterocycles. The van der Waals surface area contributed by atoms with Gasteiger partial charge in [-0.3, -0.25) is 0 Å². The molecule has 0 unspecified atom stereocenters. The summed E-state index contributed by atoms with van der Waals surface area (Å²) in [5.41, 5.74) is 0. The molecule has 0 rings (SSSR count). The molecule has 0 saturated heterocycles. The number of rotatable bonds is 0. The molecule has 48 valence electrons. The van der Waals surface area contributed by atoms with E-state index in [0.717, 1.165) is 0 Å². The zero-order valence-electron chi connectivity index (χ0n) is 4.50. The molecule has 0 atom stereocenters. The van der Waals surface area contributed by atoms with Crippen molar-refractivity contribution in [3.63, 3.8) is 0 Å². The van der Waals surface area contributed by atoms with Crippen LogP contribution in [0.2, 0.25) is 0 Å². The van der Waals surface area contributed by atoms with E-state index in [1.807, 2.05) is 0 Å². The fourth-order valence-corrected chi connectivity index (χ4v) is 0. The van der Waals surface area contributed by atoms with Gasteiger partial charge in [0, 0.05) is 0 Å². The summed E-state index contributed by atoms with van der Waals surface area (Å²) in [7, 11) is -5.14. The Morgan fingerprint density at radius 2 is 1.38 bits per heavy atom. The Morgan fingerprint density at radius 1 is 1.38 bits per heavy atom. The minimum Gasteiger partial charge on any atom is -1.00 e. The zero-order chi connectivity index (χ0) is 4.50. The molecule has 0 bridgehead atoms. The van der Waals surface area contributed by atoms with Gasteiger partial charge in [0.15, 0.2) is 0 Å². The van der Waals surface area contributed by atoms with Crippen LogP contribution in [0.3, 0.4) is 0 Å². The van der Waals surface area contributed by atoms with E-state index in [-0.39, 0.29) is 48.1 Å². The molecule has 0 saturated carbocycles. The maximum atomic E-state index is 8.66. The summed E-state index contributed by atoms with van der Waals surface area (Å²) in [5, 5.41) is 0. The van der Waals surface area contributed by atoms with E-state index in [1.54, 1.807) is 0 Å². The molecule has 0 aromatic carbocycles. The monoisotopic (exact) mass is 172 g/mol. The summed E-state index contributed by atoms with van der Waals surface area (Å²) < 4.78 is 8.66. The van der Waals surface area contributed by atoms with Crippen LogP contribution >= 0.6 is 7.82 Å². The Labute approximate surface area is 75.0 Å². The zero-order valence-corrected chi connectivity index (χ0v) is 8.15. The van der Waals surface area contributed by atoms with Gasteiger partial charge in [-0.2, -0.15) is 0 Å². The van der Waals surface area contributed by atoms with E-state index >= 15 is 0 Å². The standard InChI is InChI=1S/ClH.H3N.Na.H3O4P/c;;;1-5(2,3)4/h1H;1H3;;(H3,1,2,3,4)/q;;+1;/p-2. The van der Waals surface area contributed by atoms with Gasteiger partial charge < -0.3 is 37.8 Å². The average Bonchev–Trinajstić information content (AvgIpc) is 0.722. The SMILES string of the molecule is O=P([O-])([O-])O.[Cl-].[NH4+].[Na+]. The van der Waals surface area contributed by atoms with Crippen molar-refractivity contribution in [2.24, 2.45) is 0 Å². The first-order valence-corrected chi connectivity index (χ1v) is 2.24. The number of halogens is 1. The second-order valence-electron chi connectivity index (χ2n) is 0.469. The molecule has 0 aliphatic rings. The van der Waals surface area contributed by atoms with Crippen molar-refractivity contribution >= 4 is 7.82 Å². The van der Waals surface area contributed by atoms with E-state index < -0.39 is 7.82 Å². The van der Waals surface area contributed by atoms with Gasteiger partial charge in [-0.25, -0.2) is 0 Å². The maximum absolute atomic E-state index is 8.66. The van der Waals surface area contributed by atoms with Crippen LogP contribution in [0.4, 0.5) is 0 Å². The van der Waals surface area contributed by atoms with Gasteiger partial charge in [-0.15, -0.1) is 0 Å². The van der Waals surface area contributed by atoms with Crippen molar-refractivity contribution in [1.82, 2.24) is 6.15 Å². The third-order valence-corrected chi connectivity index (χ3v) is 0. The summed E-state index contributed by atoms with van der Waals surface area (Å²) >= 11 is 0. The van der Waals surface area contributed by atoms with Crippen LogP contribution in [0.5, 0.6) is 0 Å². The molecular formula is H5ClNNaO4P-. The molecule has 0 fully saturated rings. The molecule has 0 aliphatic carbocycles. The Morgan fingerprint density at radius 3 is 1.38 bits per heavy atom. The normalized spacial score (nSPS) is 7.38. The van der Waals surface area contributed by atoms with E-state index in [9.17, 15) is 0 Å². The topological polar surface area (TPSA) is 120 Å². The maximum Gasteiger partial charge on any atom is 1.00 e. The molecule has 0 radical (unpaired) electrons. The van der Waals surface area contributed by atoms with Crippen LogP contribution in [-0.2, 0) is 4.57 Å². The predicted molar refractivity (Wildman–Crippen MR) is 15.8 cm³/mol. The van der Waals surface area contributed by atoms with Crippen LogP contribution in [-0.4, -0.2) is 4.89 Å². The van der Waals surface area contributed by atoms with Crippen molar-refractivity contribution in [3.8, 4) is 0 Å². The summed E-state index contributed by atoms with van der Waals surface area (Å²) in [6, 6.07) is 0. The molecule has 0 amide bonds. The molecule has 8 heteroatoms. The second kappa shape index (κ2) is 8.36. The van der Waals surface area contributed by atoms with E-state index in [2.05, 4.69) is 0 Å². The van der Waals surface area contributed by atoms with E-state index in [0.29, 0.717) is 0 Å². The third-order valence-electron chi connectivity index (χ3n) is 0. The van der Waals surface area contributed by atoms with Crippen LogP contribution in [0.25, 0.3) is 0 Å². The quantitative estimate of drug-likeness (QED) is 0.278. The van der Waals surface area contributed by atoms with Crippen molar-refractivity contribution in [2.45, 2.75) is 0 Å². The molecule has 5 N–H and O–H groups in total. The van der Waals surface area contributed by atoms with Crippen molar-refractivity contribution in [3.05, 3.63) is 0 Å². The molecule has 0 aliphatic heterocycles. The summed E-state index contributed by atoms with van der Waals surface area (Å²) in [6.07, 6.45) is 0. The van der Waals surface area contributed by atoms with Crippen LogP contribution < -0.4 is 57.9 Å². The summed E-state index contributed by atoms with van der Waals surface area (Å²) in [5.74, 6) is 0. The fraction of sp³-hybridized carbons (Fsp3) is 0. The second-order valence-corrected chi connectivity index (χ2v) is 1.41. The van der Waals surface area contributed by atoms with Gasteiger partial charge in [0.05, 0.1) is 7.82 Å². The summed E-state index contributed by atoms with van der Waals surface area (Å²) in [4.78, 5) is 24.3. The van der Waals surface area contributed by atoms with E-state index in [1.165, 1.54) is 0 Å².